The first-order valence-electron chi connectivity index (χ1n) is 7.04. The van der Waals surface area contributed by atoms with Crippen LogP contribution in [-0.4, -0.2) is 41.1 Å². The summed E-state index contributed by atoms with van der Waals surface area (Å²) >= 11 is 1.41. The summed E-state index contributed by atoms with van der Waals surface area (Å²) in [4.78, 5) is 11.9. The molecule has 21 heavy (non-hydrogen) atoms. The van der Waals surface area contributed by atoms with Gasteiger partial charge in [-0.05, 0) is 12.8 Å². The zero-order valence-corrected chi connectivity index (χ0v) is 12.4. The van der Waals surface area contributed by atoms with Crippen LogP contribution in [0.15, 0.2) is 35.5 Å². The number of nitrogens with zero attached hydrogens (tertiary/aromatic N) is 2. The number of aromatic nitrogens is 2. The van der Waals surface area contributed by atoms with Gasteiger partial charge < -0.3 is 10.1 Å². The van der Waals surface area contributed by atoms with Gasteiger partial charge in [0, 0.05) is 23.9 Å². The molecule has 0 radical (unpaired) electrons. The van der Waals surface area contributed by atoms with Crippen LogP contribution >= 0.6 is 11.8 Å². The Hall–Kier alpha value is -1.66. The van der Waals surface area contributed by atoms with E-state index in [9.17, 15) is 4.79 Å². The van der Waals surface area contributed by atoms with Crippen LogP contribution in [0.2, 0.25) is 0 Å². The topological polar surface area (TPSA) is 64.1 Å². The van der Waals surface area contributed by atoms with Crippen molar-refractivity contribution in [2.75, 3.05) is 18.9 Å². The summed E-state index contributed by atoms with van der Waals surface area (Å²) in [6.45, 7) is 1.40. The van der Waals surface area contributed by atoms with Crippen molar-refractivity contribution in [1.29, 1.82) is 0 Å². The molecule has 1 saturated heterocycles. The number of fused-ring (bicyclic) bond motifs is 1. The standard InChI is InChI=1S/C15H17N3O2S/c19-14(16-9-12-5-3-7-20-12)10-21-15-13-6-2-1-4-11(13)8-17-18-15/h1-2,4,6,8,12H,3,5,7,9-10H2,(H,16,19). The molecule has 5 nitrogen and oxygen atoms in total. The molecule has 0 bridgehead atoms. The molecule has 1 N–H and O–H groups in total. The monoisotopic (exact) mass is 303 g/mol. The second kappa shape index (κ2) is 6.87. The van der Waals surface area contributed by atoms with Crippen molar-refractivity contribution in [3.8, 4) is 0 Å². The third-order valence-electron chi connectivity index (χ3n) is 3.43. The average Bonchev–Trinajstić information content (AvgIpc) is 3.04. The summed E-state index contributed by atoms with van der Waals surface area (Å²) in [5.74, 6) is 0.348. The molecule has 1 amide bonds. The lowest BCUT2D eigenvalue weighted by Crippen LogP contribution is -2.32. The van der Waals surface area contributed by atoms with Crippen LogP contribution in [0.4, 0.5) is 0 Å². The minimum absolute atomic E-state index is 0.00485. The normalized spacial score (nSPS) is 18.0. The second-order valence-corrected chi connectivity index (χ2v) is 5.93. The Bertz CT molecular complexity index is 624. The highest BCUT2D eigenvalue weighted by Gasteiger charge is 2.16. The summed E-state index contributed by atoms with van der Waals surface area (Å²) < 4.78 is 5.48. The minimum atomic E-state index is 0.00485. The van der Waals surface area contributed by atoms with Crippen LogP contribution in [0, 0.1) is 0 Å². The van der Waals surface area contributed by atoms with Crippen LogP contribution < -0.4 is 5.32 Å². The molecule has 0 saturated carbocycles. The minimum Gasteiger partial charge on any atom is -0.376 e. The lowest BCUT2D eigenvalue weighted by Gasteiger charge is -2.10. The summed E-state index contributed by atoms with van der Waals surface area (Å²) in [6.07, 6.45) is 4.02. The van der Waals surface area contributed by atoms with Crippen LogP contribution in [0.5, 0.6) is 0 Å². The predicted octanol–water partition coefficient (Wildman–Crippen LogP) is 2.02. The highest BCUT2D eigenvalue weighted by Crippen LogP contribution is 2.24. The van der Waals surface area contributed by atoms with Gasteiger partial charge in [-0.15, -0.1) is 5.10 Å². The van der Waals surface area contributed by atoms with Crippen LogP contribution in [0.1, 0.15) is 12.8 Å². The summed E-state index contributed by atoms with van der Waals surface area (Å²) in [6, 6.07) is 7.92. The number of carbonyl (C=O) groups excluding carboxylic acids is 1. The first-order valence-corrected chi connectivity index (χ1v) is 8.03. The van der Waals surface area contributed by atoms with Crippen molar-refractivity contribution in [2.45, 2.75) is 24.0 Å². The molecule has 2 heterocycles. The number of carbonyl (C=O) groups is 1. The van der Waals surface area contributed by atoms with Crippen LogP contribution in [-0.2, 0) is 9.53 Å². The zero-order chi connectivity index (χ0) is 14.5. The summed E-state index contributed by atoms with van der Waals surface area (Å²) in [5, 5.41) is 13.9. The molecular weight excluding hydrogens is 286 g/mol. The van der Waals surface area contributed by atoms with E-state index in [-0.39, 0.29) is 12.0 Å². The lowest BCUT2D eigenvalue weighted by atomic mass is 10.2. The van der Waals surface area contributed by atoms with E-state index in [1.165, 1.54) is 11.8 Å². The number of ether oxygens (including phenoxy) is 1. The van der Waals surface area contributed by atoms with E-state index in [1.54, 1.807) is 6.20 Å². The Kier molecular flexibility index (Phi) is 4.67. The van der Waals surface area contributed by atoms with E-state index in [4.69, 9.17) is 4.74 Å². The van der Waals surface area contributed by atoms with Crippen molar-refractivity contribution in [1.82, 2.24) is 15.5 Å². The fourth-order valence-electron chi connectivity index (χ4n) is 2.33. The molecule has 1 atom stereocenters. The van der Waals surface area contributed by atoms with Crippen molar-refractivity contribution < 1.29 is 9.53 Å². The highest BCUT2D eigenvalue weighted by molar-refractivity contribution is 8.00. The molecule has 1 unspecified atom stereocenters. The molecule has 0 spiro atoms. The van der Waals surface area contributed by atoms with Crippen LogP contribution in [0.3, 0.4) is 0 Å². The number of thioether (sulfide) groups is 1. The van der Waals surface area contributed by atoms with Gasteiger partial charge >= 0.3 is 0 Å². The molecule has 1 aromatic carbocycles. The van der Waals surface area contributed by atoms with Crippen molar-refractivity contribution in [2.24, 2.45) is 0 Å². The molecule has 6 heteroatoms. The smallest absolute Gasteiger partial charge is 0.230 e. The molecule has 0 aliphatic carbocycles. The Balaban J connectivity index is 1.54. The third kappa shape index (κ3) is 3.71. The summed E-state index contributed by atoms with van der Waals surface area (Å²) in [7, 11) is 0. The average molecular weight is 303 g/mol. The Morgan fingerprint density at radius 1 is 1.43 bits per heavy atom. The van der Waals surface area contributed by atoms with Gasteiger partial charge in [0.25, 0.3) is 0 Å². The van der Waals surface area contributed by atoms with Gasteiger partial charge in [0.2, 0.25) is 5.91 Å². The molecule has 1 aliphatic heterocycles. The van der Waals surface area contributed by atoms with Crippen molar-refractivity contribution in [3.05, 3.63) is 30.5 Å². The lowest BCUT2D eigenvalue weighted by molar-refractivity contribution is -0.119. The molecule has 3 rings (SSSR count). The largest absolute Gasteiger partial charge is 0.376 e. The highest BCUT2D eigenvalue weighted by atomic mass is 32.2. The number of hydrogen-bond donors (Lipinski definition) is 1. The number of hydrogen-bond acceptors (Lipinski definition) is 5. The Morgan fingerprint density at radius 3 is 3.19 bits per heavy atom. The molecule has 1 aromatic heterocycles. The van der Waals surface area contributed by atoms with E-state index < -0.39 is 0 Å². The first kappa shape index (κ1) is 14.3. The maximum atomic E-state index is 11.9. The zero-order valence-electron chi connectivity index (χ0n) is 11.6. The quantitative estimate of drug-likeness (QED) is 0.856. The van der Waals surface area contributed by atoms with Gasteiger partial charge in [-0.3, -0.25) is 4.79 Å². The number of rotatable bonds is 5. The van der Waals surface area contributed by atoms with Gasteiger partial charge in [-0.25, -0.2) is 0 Å². The van der Waals surface area contributed by atoms with E-state index >= 15 is 0 Å². The Labute approximate surface area is 127 Å². The maximum Gasteiger partial charge on any atom is 0.230 e. The fraction of sp³-hybridized carbons (Fsp3) is 0.400. The van der Waals surface area contributed by atoms with Gasteiger partial charge in [0.05, 0.1) is 18.1 Å². The van der Waals surface area contributed by atoms with Gasteiger partial charge in [-0.2, -0.15) is 5.10 Å². The molecule has 1 aliphatic rings. The summed E-state index contributed by atoms with van der Waals surface area (Å²) in [5.41, 5.74) is 0. The van der Waals surface area contributed by atoms with Gasteiger partial charge in [-0.1, -0.05) is 36.0 Å². The molecule has 110 valence electrons. The SMILES string of the molecule is O=C(CSc1nncc2ccccc12)NCC1CCCO1. The van der Waals surface area contributed by atoms with Gasteiger partial charge in [0.1, 0.15) is 5.03 Å². The Morgan fingerprint density at radius 2 is 2.33 bits per heavy atom. The molecular formula is C15H17N3O2S. The molecule has 1 fully saturated rings. The second-order valence-electron chi connectivity index (χ2n) is 4.96. The third-order valence-corrected chi connectivity index (χ3v) is 4.41. The van der Waals surface area contributed by atoms with E-state index in [1.807, 2.05) is 24.3 Å². The van der Waals surface area contributed by atoms with E-state index in [0.717, 1.165) is 35.2 Å². The maximum absolute atomic E-state index is 11.9. The number of benzene rings is 1. The van der Waals surface area contributed by atoms with E-state index in [2.05, 4.69) is 15.5 Å². The predicted molar refractivity (Wildman–Crippen MR) is 82.2 cm³/mol. The van der Waals surface area contributed by atoms with E-state index in [0.29, 0.717) is 12.3 Å². The van der Waals surface area contributed by atoms with Crippen molar-refractivity contribution in [3.63, 3.8) is 0 Å². The van der Waals surface area contributed by atoms with Crippen molar-refractivity contribution >= 4 is 28.4 Å². The number of nitrogens with one attached hydrogen (secondary N) is 1. The first-order chi connectivity index (χ1) is 10.3. The molecule has 2 aromatic rings. The number of amides is 1. The fourth-order valence-corrected chi connectivity index (χ4v) is 3.14. The van der Waals surface area contributed by atoms with Gasteiger partial charge in [0.15, 0.2) is 0 Å². The van der Waals surface area contributed by atoms with Crippen LogP contribution in [0.25, 0.3) is 10.8 Å².